The molecule has 0 radical (unpaired) electrons. The molecule has 0 aromatic carbocycles. The molecule has 2 aromatic heterocycles. The van der Waals surface area contributed by atoms with E-state index in [1.54, 1.807) is 6.20 Å². The normalized spacial score (nSPS) is 23.4. The molecule has 1 aliphatic heterocycles. The predicted octanol–water partition coefficient (Wildman–Crippen LogP) is 1.55. The molecule has 0 bridgehead atoms. The summed E-state index contributed by atoms with van der Waals surface area (Å²) in [5.41, 5.74) is 6.91. The predicted molar refractivity (Wildman–Crippen MR) is 64.4 cm³/mol. The zero-order valence-corrected chi connectivity index (χ0v) is 9.74. The fourth-order valence-electron chi connectivity index (χ4n) is 2.61. The van der Waals surface area contributed by atoms with E-state index in [2.05, 4.69) is 28.1 Å². The summed E-state index contributed by atoms with van der Waals surface area (Å²) >= 11 is 0. The van der Waals surface area contributed by atoms with Gasteiger partial charge in [-0.05, 0) is 25.0 Å². The first-order chi connectivity index (χ1) is 8.25. The second-order valence-electron chi connectivity index (χ2n) is 4.50. The molecule has 1 aliphatic rings. The molecule has 5 nitrogen and oxygen atoms in total. The van der Waals surface area contributed by atoms with E-state index in [0.29, 0.717) is 11.9 Å². The van der Waals surface area contributed by atoms with Crippen LogP contribution in [-0.4, -0.2) is 19.7 Å². The van der Waals surface area contributed by atoms with Crippen LogP contribution in [0.15, 0.2) is 24.5 Å². The Kier molecular flexibility index (Phi) is 2.31. The minimum atomic E-state index is 0.285. The summed E-state index contributed by atoms with van der Waals surface area (Å²) < 4.78 is 1.95. The third-order valence-corrected chi connectivity index (χ3v) is 3.48. The van der Waals surface area contributed by atoms with Crippen LogP contribution in [0.1, 0.15) is 36.7 Å². The third kappa shape index (κ3) is 1.67. The fourth-order valence-corrected chi connectivity index (χ4v) is 2.61. The maximum Gasteiger partial charge on any atom is 0.239 e. The summed E-state index contributed by atoms with van der Waals surface area (Å²) in [4.78, 5) is 8.43. The molecular formula is C12H15N5. The number of anilines is 1. The topological polar surface area (TPSA) is 69.6 Å². The van der Waals surface area contributed by atoms with Crippen LogP contribution in [0.3, 0.4) is 0 Å². The average Bonchev–Trinajstić information content (AvgIpc) is 2.72. The van der Waals surface area contributed by atoms with E-state index in [0.717, 1.165) is 18.7 Å². The van der Waals surface area contributed by atoms with Crippen LogP contribution < -0.4 is 5.73 Å². The average molecular weight is 229 g/mol. The molecule has 0 saturated heterocycles. The van der Waals surface area contributed by atoms with Gasteiger partial charge in [-0.15, -0.1) is 5.10 Å². The van der Waals surface area contributed by atoms with E-state index in [1.807, 2.05) is 16.9 Å². The SMILES string of the molecule is CC1C(c2cccnc2)CCc2nc(N)nn21. The van der Waals surface area contributed by atoms with Crippen LogP contribution in [0.2, 0.25) is 0 Å². The largest absolute Gasteiger partial charge is 0.366 e. The van der Waals surface area contributed by atoms with E-state index in [1.165, 1.54) is 5.56 Å². The maximum atomic E-state index is 5.65. The molecule has 0 amide bonds. The number of rotatable bonds is 1. The molecule has 17 heavy (non-hydrogen) atoms. The number of nitrogens with zero attached hydrogens (tertiary/aromatic N) is 4. The van der Waals surface area contributed by atoms with E-state index in [-0.39, 0.29) is 6.04 Å². The number of nitrogens with two attached hydrogens (primary N) is 1. The molecule has 0 fully saturated rings. The summed E-state index contributed by atoms with van der Waals surface area (Å²) in [7, 11) is 0. The number of aryl methyl sites for hydroxylation is 1. The first-order valence-corrected chi connectivity index (χ1v) is 5.86. The zero-order valence-electron chi connectivity index (χ0n) is 9.74. The maximum absolute atomic E-state index is 5.65. The van der Waals surface area contributed by atoms with Gasteiger partial charge in [0.1, 0.15) is 5.82 Å². The Balaban J connectivity index is 1.96. The molecule has 88 valence electrons. The minimum Gasteiger partial charge on any atom is -0.366 e. The lowest BCUT2D eigenvalue weighted by Crippen LogP contribution is -2.24. The summed E-state index contributed by atoms with van der Waals surface area (Å²) in [6, 6.07) is 4.39. The number of hydrogen-bond donors (Lipinski definition) is 1. The quantitative estimate of drug-likeness (QED) is 0.805. The highest BCUT2D eigenvalue weighted by Crippen LogP contribution is 2.36. The van der Waals surface area contributed by atoms with Gasteiger partial charge in [-0.25, -0.2) is 4.68 Å². The molecule has 2 N–H and O–H groups in total. The van der Waals surface area contributed by atoms with Crippen LogP contribution in [0.25, 0.3) is 0 Å². The molecule has 3 rings (SSSR count). The highest BCUT2D eigenvalue weighted by molar-refractivity contribution is 5.21. The van der Waals surface area contributed by atoms with Gasteiger partial charge in [0.2, 0.25) is 5.95 Å². The Bertz CT molecular complexity index is 519. The number of fused-ring (bicyclic) bond motifs is 1. The van der Waals surface area contributed by atoms with Crippen LogP contribution in [0.4, 0.5) is 5.95 Å². The monoisotopic (exact) mass is 229 g/mol. The van der Waals surface area contributed by atoms with Gasteiger partial charge < -0.3 is 5.73 Å². The molecule has 0 spiro atoms. The first kappa shape index (κ1) is 10.3. The summed E-state index contributed by atoms with van der Waals surface area (Å²) in [5.74, 6) is 1.81. The van der Waals surface area contributed by atoms with Gasteiger partial charge in [-0.2, -0.15) is 4.98 Å². The lowest BCUT2D eigenvalue weighted by molar-refractivity contribution is 0.338. The third-order valence-electron chi connectivity index (χ3n) is 3.48. The van der Waals surface area contributed by atoms with Crippen LogP contribution in [-0.2, 0) is 6.42 Å². The van der Waals surface area contributed by atoms with E-state index < -0.39 is 0 Å². The Hall–Kier alpha value is -1.91. The van der Waals surface area contributed by atoms with Crippen molar-refractivity contribution in [2.45, 2.75) is 31.7 Å². The van der Waals surface area contributed by atoms with Crippen molar-refractivity contribution < 1.29 is 0 Å². The van der Waals surface area contributed by atoms with Crippen molar-refractivity contribution >= 4 is 5.95 Å². The second kappa shape index (κ2) is 3.84. The Morgan fingerprint density at radius 1 is 1.47 bits per heavy atom. The number of nitrogen functional groups attached to an aromatic ring is 1. The smallest absolute Gasteiger partial charge is 0.239 e. The molecule has 0 saturated carbocycles. The van der Waals surface area contributed by atoms with Gasteiger partial charge in [-0.3, -0.25) is 4.98 Å². The highest BCUT2D eigenvalue weighted by Gasteiger charge is 2.29. The zero-order chi connectivity index (χ0) is 11.8. The lowest BCUT2D eigenvalue weighted by atomic mass is 9.87. The standard InChI is InChI=1S/C12H15N5/c1-8-10(9-3-2-6-14-7-9)4-5-11-15-12(13)16-17(8)11/h2-3,6-8,10H,4-5H2,1H3,(H2,13,16). The van der Waals surface area contributed by atoms with Crippen molar-refractivity contribution in [2.24, 2.45) is 0 Å². The van der Waals surface area contributed by atoms with Gasteiger partial charge >= 0.3 is 0 Å². The van der Waals surface area contributed by atoms with E-state index in [9.17, 15) is 0 Å². The lowest BCUT2D eigenvalue weighted by Gasteiger charge is -2.29. The Morgan fingerprint density at radius 3 is 3.12 bits per heavy atom. The van der Waals surface area contributed by atoms with Gasteiger partial charge in [0.15, 0.2) is 0 Å². The van der Waals surface area contributed by atoms with E-state index >= 15 is 0 Å². The van der Waals surface area contributed by atoms with Crippen LogP contribution in [0.5, 0.6) is 0 Å². The second-order valence-corrected chi connectivity index (χ2v) is 4.50. The molecular weight excluding hydrogens is 214 g/mol. The molecule has 3 heterocycles. The number of aromatic nitrogens is 4. The van der Waals surface area contributed by atoms with Crippen molar-refractivity contribution in [3.05, 3.63) is 35.9 Å². The number of pyridine rings is 1. The fraction of sp³-hybridized carbons (Fsp3) is 0.417. The van der Waals surface area contributed by atoms with Crippen molar-refractivity contribution in [3.63, 3.8) is 0 Å². The van der Waals surface area contributed by atoms with Crippen molar-refractivity contribution in [3.8, 4) is 0 Å². The highest BCUT2D eigenvalue weighted by atomic mass is 15.4. The first-order valence-electron chi connectivity index (χ1n) is 5.86. The Labute approximate surface area is 99.7 Å². The van der Waals surface area contributed by atoms with Crippen LogP contribution >= 0.6 is 0 Å². The molecule has 5 heteroatoms. The van der Waals surface area contributed by atoms with Gasteiger partial charge in [-0.1, -0.05) is 6.07 Å². The van der Waals surface area contributed by atoms with E-state index in [4.69, 9.17) is 5.73 Å². The van der Waals surface area contributed by atoms with Gasteiger partial charge in [0, 0.05) is 24.7 Å². The van der Waals surface area contributed by atoms with Crippen molar-refractivity contribution in [1.29, 1.82) is 0 Å². The molecule has 2 unspecified atom stereocenters. The molecule has 2 atom stereocenters. The molecule has 0 aliphatic carbocycles. The summed E-state index contributed by atoms with van der Waals surface area (Å²) in [6.07, 6.45) is 5.74. The number of hydrogen-bond acceptors (Lipinski definition) is 4. The van der Waals surface area contributed by atoms with Gasteiger partial charge in [0.05, 0.1) is 6.04 Å². The summed E-state index contributed by atoms with van der Waals surface area (Å²) in [5, 5.41) is 4.27. The summed E-state index contributed by atoms with van der Waals surface area (Å²) in [6.45, 7) is 2.16. The van der Waals surface area contributed by atoms with Crippen molar-refractivity contribution in [1.82, 2.24) is 19.7 Å². The Morgan fingerprint density at radius 2 is 2.35 bits per heavy atom. The molecule has 2 aromatic rings. The van der Waals surface area contributed by atoms with Crippen LogP contribution in [0, 0.1) is 0 Å². The minimum absolute atomic E-state index is 0.285. The van der Waals surface area contributed by atoms with Crippen molar-refractivity contribution in [2.75, 3.05) is 5.73 Å². The van der Waals surface area contributed by atoms with Gasteiger partial charge in [0.25, 0.3) is 0 Å².